The summed E-state index contributed by atoms with van der Waals surface area (Å²) < 4.78 is 40.7. The molecular formula is C23H26FN9O2S. The van der Waals surface area contributed by atoms with Gasteiger partial charge in [-0.05, 0) is 30.3 Å². The number of fused-ring (bicyclic) bond motifs is 1. The van der Waals surface area contributed by atoms with E-state index in [0.717, 1.165) is 54.0 Å². The van der Waals surface area contributed by atoms with Crippen molar-refractivity contribution in [3.05, 3.63) is 60.6 Å². The van der Waals surface area contributed by atoms with E-state index in [4.69, 9.17) is 0 Å². The van der Waals surface area contributed by atoms with Gasteiger partial charge in [0.15, 0.2) is 5.82 Å². The Labute approximate surface area is 208 Å². The first-order valence-corrected chi connectivity index (χ1v) is 13.2. The van der Waals surface area contributed by atoms with E-state index in [0.29, 0.717) is 11.6 Å². The molecule has 0 aliphatic carbocycles. The standard InChI is InChI=1S/C23H26FN9O2S/c1-31(36(2,34)35)22-19(29-20(24)14-26-22)15-33-10-7-16-13-27-23(30-21(16)33)28-17-3-5-18(6-4-17)32-11-8-25-9-12-32/h3-7,10,13-14,25H,8-9,11-12,15H2,1-2H3,(H,27,28,30). The molecule has 0 atom stereocenters. The molecule has 188 valence electrons. The van der Waals surface area contributed by atoms with E-state index in [-0.39, 0.29) is 18.1 Å². The van der Waals surface area contributed by atoms with Gasteiger partial charge in [0.1, 0.15) is 11.3 Å². The van der Waals surface area contributed by atoms with Crippen LogP contribution in [0, 0.1) is 5.95 Å². The van der Waals surface area contributed by atoms with Gasteiger partial charge in [0.2, 0.25) is 21.9 Å². The maximum absolute atomic E-state index is 13.9. The molecule has 13 heteroatoms. The average Bonchev–Trinajstić information content (AvgIpc) is 3.26. The van der Waals surface area contributed by atoms with Gasteiger partial charge in [-0.25, -0.2) is 23.4 Å². The third-order valence-electron chi connectivity index (χ3n) is 6.02. The number of sulfonamides is 1. The maximum Gasteiger partial charge on any atom is 0.233 e. The highest BCUT2D eigenvalue weighted by Gasteiger charge is 2.20. The highest BCUT2D eigenvalue weighted by Crippen LogP contribution is 2.23. The van der Waals surface area contributed by atoms with Crippen LogP contribution in [-0.2, 0) is 16.6 Å². The second kappa shape index (κ2) is 9.66. The molecule has 1 aliphatic rings. The van der Waals surface area contributed by atoms with Crippen LogP contribution in [0.15, 0.2) is 48.9 Å². The zero-order valence-corrected chi connectivity index (χ0v) is 20.7. The zero-order valence-electron chi connectivity index (χ0n) is 19.9. The SMILES string of the molecule is CN(c1ncc(F)nc1Cn1ccc2cnc(Nc3ccc(N4CCNCC4)cc3)nc21)S(C)(=O)=O. The number of hydrogen-bond donors (Lipinski definition) is 2. The van der Waals surface area contributed by atoms with Crippen LogP contribution in [0.2, 0.25) is 0 Å². The van der Waals surface area contributed by atoms with E-state index < -0.39 is 16.0 Å². The number of halogens is 1. The summed E-state index contributed by atoms with van der Waals surface area (Å²) >= 11 is 0. The lowest BCUT2D eigenvalue weighted by atomic mass is 10.2. The van der Waals surface area contributed by atoms with Crippen molar-refractivity contribution in [1.82, 2.24) is 29.8 Å². The van der Waals surface area contributed by atoms with Crippen LogP contribution in [0.25, 0.3) is 11.0 Å². The Morgan fingerprint density at radius 1 is 1.08 bits per heavy atom. The minimum absolute atomic E-state index is 0.0535. The lowest BCUT2D eigenvalue weighted by molar-refractivity contribution is 0.564. The largest absolute Gasteiger partial charge is 0.369 e. The molecule has 36 heavy (non-hydrogen) atoms. The number of piperazine rings is 1. The zero-order chi connectivity index (χ0) is 25.3. The van der Waals surface area contributed by atoms with Crippen LogP contribution < -0.4 is 19.8 Å². The molecule has 0 saturated carbocycles. The van der Waals surface area contributed by atoms with Crippen LogP contribution in [0.4, 0.5) is 27.5 Å². The number of hydrogen-bond acceptors (Lipinski definition) is 9. The molecule has 0 amide bonds. The Bertz CT molecular complexity index is 1490. The number of benzene rings is 1. The predicted octanol–water partition coefficient (Wildman–Crippen LogP) is 1.96. The Kier molecular flexibility index (Phi) is 6.41. The quantitative estimate of drug-likeness (QED) is 0.383. The summed E-state index contributed by atoms with van der Waals surface area (Å²) in [6.07, 6.45) is 5.40. The van der Waals surface area contributed by atoms with Crippen molar-refractivity contribution in [3.63, 3.8) is 0 Å². The van der Waals surface area contributed by atoms with Crippen molar-refractivity contribution in [2.75, 3.05) is 54.0 Å². The Hall–Kier alpha value is -3.84. The van der Waals surface area contributed by atoms with E-state index in [1.165, 1.54) is 12.7 Å². The van der Waals surface area contributed by atoms with E-state index in [2.05, 4.69) is 47.6 Å². The maximum atomic E-state index is 13.9. The summed E-state index contributed by atoms with van der Waals surface area (Å²) in [6, 6.07) is 9.93. The summed E-state index contributed by atoms with van der Waals surface area (Å²) in [5, 5.41) is 7.35. The number of anilines is 4. The predicted molar refractivity (Wildman–Crippen MR) is 137 cm³/mol. The Morgan fingerprint density at radius 2 is 1.83 bits per heavy atom. The first-order valence-electron chi connectivity index (χ1n) is 11.4. The fraction of sp³-hybridized carbons (Fsp3) is 0.304. The minimum atomic E-state index is -3.61. The third-order valence-corrected chi connectivity index (χ3v) is 7.18. The first kappa shape index (κ1) is 23.9. The van der Waals surface area contributed by atoms with Crippen molar-refractivity contribution in [1.29, 1.82) is 0 Å². The molecule has 1 aliphatic heterocycles. The van der Waals surface area contributed by atoms with Gasteiger partial charge < -0.3 is 20.1 Å². The van der Waals surface area contributed by atoms with Crippen molar-refractivity contribution in [2.45, 2.75) is 6.54 Å². The lowest BCUT2D eigenvalue weighted by Crippen LogP contribution is -2.43. The summed E-state index contributed by atoms with van der Waals surface area (Å²) in [6.45, 7) is 3.96. The van der Waals surface area contributed by atoms with Crippen molar-refractivity contribution >= 4 is 44.2 Å². The van der Waals surface area contributed by atoms with Crippen LogP contribution >= 0.6 is 0 Å². The summed E-state index contributed by atoms with van der Waals surface area (Å²) in [7, 11) is -2.25. The molecule has 1 saturated heterocycles. The molecule has 0 radical (unpaired) electrons. The van der Waals surface area contributed by atoms with Gasteiger partial charge in [-0.15, -0.1) is 0 Å². The van der Waals surface area contributed by atoms with E-state index >= 15 is 0 Å². The fourth-order valence-corrected chi connectivity index (χ4v) is 4.52. The van der Waals surface area contributed by atoms with Gasteiger partial charge >= 0.3 is 0 Å². The number of rotatable bonds is 7. The van der Waals surface area contributed by atoms with Crippen LogP contribution in [-0.4, -0.2) is 72.4 Å². The number of nitrogens with one attached hydrogen (secondary N) is 2. The second-order valence-electron chi connectivity index (χ2n) is 8.52. The smallest absolute Gasteiger partial charge is 0.233 e. The number of aromatic nitrogens is 5. The molecular weight excluding hydrogens is 485 g/mol. The number of nitrogens with zero attached hydrogens (tertiary/aromatic N) is 7. The third kappa shape index (κ3) is 5.06. The van der Waals surface area contributed by atoms with Gasteiger partial charge in [0.05, 0.1) is 19.0 Å². The van der Waals surface area contributed by atoms with Crippen molar-refractivity contribution in [2.24, 2.45) is 0 Å². The summed E-state index contributed by atoms with van der Waals surface area (Å²) in [4.78, 5) is 19.2. The van der Waals surface area contributed by atoms with Crippen LogP contribution in [0.5, 0.6) is 0 Å². The molecule has 2 N–H and O–H groups in total. The van der Waals surface area contributed by atoms with Gasteiger partial charge in [-0.1, -0.05) is 0 Å². The molecule has 1 fully saturated rings. The summed E-state index contributed by atoms with van der Waals surface area (Å²) in [5.74, 6) is -0.345. The van der Waals surface area contributed by atoms with Gasteiger partial charge in [0.25, 0.3) is 0 Å². The lowest BCUT2D eigenvalue weighted by Gasteiger charge is -2.29. The molecule has 4 heterocycles. The minimum Gasteiger partial charge on any atom is -0.369 e. The van der Waals surface area contributed by atoms with Crippen LogP contribution in [0.1, 0.15) is 5.69 Å². The van der Waals surface area contributed by atoms with E-state index in [1.54, 1.807) is 17.0 Å². The average molecular weight is 512 g/mol. The van der Waals surface area contributed by atoms with Gasteiger partial charge in [-0.2, -0.15) is 9.37 Å². The van der Waals surface area contributed by atoms with Gasteiger partial charge in [-0.3, -0.25) is 4.31 Å². The molecule has 3 aromatic heterocycles. The Balaban J connectivity index is 1.39. The molecule has 0 bridgehead atoms. The molecule has 0 unspecified atom stereocenters. The Morgan fingerprint density at radius 3 is 2.56 bits per heavy atom. The van der Waals surface area contributed by atoms with Crippen molar-refractivity contribution in [3.8, 4) is 0 Å². The molecule has 1 aromatic carbocycles. The van der Waals surface area contributed by atoms with Gasteiger partial charge in [0, 0.05) is 62.4 Å². The molecule has 11 nitrogen and oxygen atoms in total. The highest BCUT2D eigenvalue weighted by atomic mass is 32.2. The van der Waals surface area contributed by atoms with Crippen molar-refractivity contribution < 1.29 is 12.8 Å². The fourth-order valence-electron chi connectivity index (χ4n) is 4.05. The van der Waals surface area contributed by atoms with Crippen LogP contribution in [0.3, 0.4) is 0 Å². The normalized spacial score (nSPS) is 14.2. The summed E-state index contributed by atoms with van der Waals surface area (Å²) in [5.41, 5.74) is 2.76. The van der Waals surface area contributed by atoms with E-state index in [1.807, 2.05) is 18.2 Å². The van der Waals surface area contributed by atoms with E-state index in [9.17, 15) is 12.8 Å². The highest BCUT2D eigenvalue weighted by molar-refractivity contribution is 7.92. The first-order chi connectivity index (χ1) is 17.3. The molecule has 0 spiro atoms. The topological polar surface area (TPSA) is 121 Å². The second-order valence-corrected chi connectivity index (χ2v) is 10.5. The monoisotopic (exact) mass is 511 g/mol. The molecule has 5 rings (SSSR count). The molecule has 4 aromatic rings.